The van der Waals surface area contributed by atoms with E-state index in [0.717, 1.165) is 0 Å². The average Bonchev–Trinajstić information content (AvgIpc) is 2.09. The number of rotatable bonds is 1. The summed E-state index contributed by atoms with van der Waals surface area (Å²) in [7, 11) is 1.51. The molecule has 0 bridgehead atoms. The molecule has 0 heterocycles. The second-order valence-electron chi connectivity index (χ2n) is 2.25. The minimum atomic E-state index is -0.480. The molecule has 0 aromatic heterocycles. The molecule has 0 atom stereocenters. The van der Waals surface area contributed by atoms with Gasteiger partial charge in [0, 0.05) is 7.05 Å². The molecule has 0 unspecified atom stereocenters. The third-order valence-corrected chi connectivity index (χ3v) is 1.38. The molecule has 63 valence electrons. The number of hydrogen-bond acceptors (Lipinski definition) is 2. The van der Waals surface area contributed by atoms with Crippen molar-refractivity contribution in [1.29, 1.82) is 0 Å². The number of carbonyl (C=O) groups is 1. The van der Waals surface area contributed by atoms with Crippen LogP contribution in [0.1, 0.15) is 5.56 Å². The largest absolute Gasteiger partial charge is 0.412 e. The zero-order valence-corrected chi connectivity index (χ0v) is 6.83. The van der Waals surface area contributed by atoms with Gasteiger partial charge in [-0.2, -0.15) is 0 Å². The first-order valence-corrected chi connectivity index (χ1v) is 3.54. The molecule has 3 heteroatoms. The predicted molar refractivity (Wildman–Crippen MR) is 46.0 cm³/mol. The minimum Gasteiger partial charge on any atom is -0.410 e. The number of hydrogen-bond donors (Lipinski definition) is 1. The van der Waals surface area contributed by atoms with E-state index in [2.05, 4.69) is 12.2 Å². The van der Waals surface area contributed by atoms with Crippen LogP contribution in [0.25, 0.3) is 0 Å². The molecule has 0 aliphatic carbocycles. The van der Waals surface area contributed by atoms with E-state index in [0.29, 0.717) is 11.3 Å². The fraction of sp³-hybridized carbons (Fsp3) is 0.111. The molecule has 0 spiro atoms. The molecule has 1 amide bonds. The molecule has 1 aromatic rings. The van der Waals surface area contributed by atoms with Crippen LogP contribution in [-0.2, 0) is 0 Å². The first-order valence-electron chi connectivity index (χ1n) is 3.54. The van der Waals surface area contributed by atoms with Crippen LogP contribution in [0.3, 0.4) is 0 Å². The Bertz CT molecular complexity index is 284. The molecule has 1 N–H and O–H groups in total. The zero-order chi connectivity index (χ0) is 8.97. The molecule has 0 aliphatic heterocycles. The lowest BCUT2D eigenvalue weighted by Gasteiger charge is -2.04. The molecule has 1 aromatic carbocycles. The highest BCUT2D eigenvalue weighted by Crippen LogP contribution is 2.15. The lowest BCUT2D eigenvalue weighted by molar-refractivity contribution is 0.203. The predicted octanol–water partition coefficient (Wildman–Crippen LogP) is 1.59. The number of para-hydroxylation sites is 1. The average molecular weight is 164 g/mol. The van der Waals surface area contributed by atoms with E-state index in [1.807, 2.05) is 6.07 Å². The highest BCUT2D eigenvalue weighted by Gasteiger charge is 2.02. The van der Waals surface area contributed by atoms with Crippen LogP contribution in [0, 0.1) is 6.92 Å². The van der Waals surface area contributed by atoms with Crippen molar-refractivity contribution < 1.29 is 9.53 Å². The topological polar surface area (TPSA) is 38.3 Å². The molecule has 12 heavy (non-hydrogen) atoms. The maximum absolute atomic E-state index is 10.8. The molecule has 0 saturated carbocycles. The third kappa shape index (κ3) is 1.99. The van der Waals surface area contributed by atoms with Crippen LogP contribution in [-0.4, -0.2) is 13.1 Å². The second-order valence-corrected chi connectivity index (χ2v) is 2.25. The van der Waals surface area contributed by atoms with Gasteiger partial charge < -0.3 is 10.1 Å². The Labute approximate surface area is 71.4 Å². The Morgan fingerprint density at radius 1 is 1.50 bits per heavy atom. The van der Waals surface area contributed by atoms with Gasteiger partial charge in [0.05, 0.1) is 0 Å². The maximum Gasteiger partial charge on any atom is 0.412 e. The molecular formula is C9H10NO2. The van der Waals surface area contributed by atoms with Crippen LogP contribution in [0.2, 0.25) is 0 Å². The van der Waals surface area contributed by atoms with Crippen LogP contribution < -0.4 is 10.1 Å². The quantitative estimate of drug-likeness (QED) is 0.684. The van der Waals surface area contributed by atoms with Gasteiger partial charge in [0.25, 0.3) is 0 Å². The summed E-state index contributed by atoms with van der Waals surface area (Å²) >= 11 is 0. The number of nitrogens with one attached hydrogen (secondary N) is 1. The summed E-state index contributed by atoms with van der Waals surface area (Å²) in [5, 5.41) is 2.35. The Hall–Kier alpha value is -1.51. The summed E-state index contributed by atoms with van der Waals surface area (Å²) in [6, 6.07) is 7.09. The van der Waals surface area contributed by atoms with Crippen LogP contribution in [0.15, 0.2) is 24.3 Å². The molecule has 3 nitrogen and oxygen atoms in total. The van der Waals surface area contributed by atoms with E-state index < -0.39 is 6.09 Å². The highest BCUT2D eigenvalue weighted by molar-refractivity contribution is 5.70. The summed E-state index contributed by atoms with van der Waals surface area (Å²) in [6.45, 7) is 3.70. The molecule has 1 radical (unpaired) electrons. The summed E-state index contributed by atoms with van der Waals surface area (Å²) in [4.78, 5) is 10.8. The van der Waals surface area contributed by atoms with Crippen molar-refractivity contribution in [1.82, 2.24) is 5.32 Å². The van der Waals surface area contributed by atoms with Crippen molar-refractivity contribution in [2.45, 2.75) is 0 Å². The number of carbonyl (C=O) groups excluding carboxylic acids is 1. The summed E-state index contributed by atoms with van der Waals surface area (Å²) in [6.07, 6.45) is -0.480. The first-order chi connectivity index (χ1) is 5.74. The smallest absolute Gasteiger partial charge is 0.410 e. The van der Waals surface area contributed by atoms with Gasteiger partial charge in [-0.15, -0.1) is 0 Å². The Balaban J connectivity index is 2.75. The van der Waals surface area contributed by atoms with Gasteiger partial charge >= 0.3 is 6.09 Å². The van der Waals surface area contributed by atoms with Gasteiger partial charge in [-0.25, -0.2) is 4.79 Å². The molecular weight excluding hydrogens is 154 g/mol. The monoisotopic (exact) mass is 164 g/mol. The van der Waals surface area contributed by atoms with E-state index in [4.69, 9.17) is 4.74 Å². The zero-order valence-electron chi connectivity index (χ0n) is 6.83. The van der Waals surface area contributed by atoms with Crippen LogP contribution >= 0.6 is 0 Å². The number of amides is 1. The van der Waals surface area contributed by atoms with Crippen molar-refractivity contribution in [3.05, 3.63) is 36.8 Å². The Morgan fingerprint density at radius 2 is 2.17 bits per heavy atom. The molecule has 1 rings (SSSR count). The van der Waals surface area contributed by atoms with Crippen LogP contribution in [0.4, 0.5) is 4.79 Å². The minimum absolute atomic E-state index is 0.480. The Morgan fingerprint density at radius 3 is 2.75 bits per heavy atom. The lowest BCUT2D eigenvalue weighted by Crippen LogP contribution is -2.22. The molecule has 0 fully saturated rings. The van der Waals surface area contributed by atoms with Crippen LogP contribution in [0.5, 0.6) is 5.75 Å². The third-order valence-electron chi connectivity index (χ3n) is 1.38. The summed E-state index contributed by atoms with van der Waals surface area (Å²) in [5.74, 6) is 0.483. The highest BCUT2D eigenvalue weighted by atomic mass is 16.6. The molecule has 0 saturated heterocycles. The second kappa shape index (κ2) is 3.76. The Kier molecular flexibility index (Phi) is 2.69. The van der Waals surface area contributed by atoms with Gasteiger partial charge in [-0.3, -0.25) is 0 Å². The molecule has 0 aliphatic rings. The first kappa shape index (κ1) is 8.59. The van der Waals surface area contributed by atoms with Gasteiger partial charge in [-0.05, 0) is 18.6 Å². The van der Waals surface area contributed by atoms with Crippen molar-refractivity contribution in [2.75, 3.05) is 7.05 Å². The SMILES string of the molecule is [CH2]c1ccccc1OC(=O)NC. The summed E-state index contributed by atoms with van der Waals surface area (Å²) < 4.78 is 4.88. The van der Waals surface area contributed by atoms with E-state index in [1.165, 1.54) is 7.05 Å². The van der Waals surface area contributed by atoms with Gasteiger partial charge in [-0.1, -0.05) is 18.2 Å². The fourth-order valence-electron chi connectivity index (χ4n) is 0.754. The number of benzene rings is 1. The van der Waals surface area contributed by atoms with E-state index in [-0.39, 0.29) is 0 Å². The van der Waals surface area contributed by atoms with Crippen molar-refractivity contribution >= 4 is 6.09 Å². The van der Waals surface area contributed by atoms with E-state index in [9.17, 15) is 4.79 Å². The fourth-order valence-corrected chi connectivity index (χ4v) is 0.754. The van der Waals surface area contributed by atoms with Gasteiger partial charge in [0.2, 0.25) is 0 Å². The van der Waals surface area contributed by atoms with Crippen molar-refractivity contribution in [3.63, 3.8) is 0 Å². The van der Waals surface area contributed by atoms with Gasteiger partial charge in [0.15, 0.2) is 0 Å². The number of ether oxygens (including phenoxy) is 1. The maximum atomic E-state index is 10.8. The van der Waals surface area contributed by atoms with E-state index in [1.54, 1.807) is 18.2 Å². The van der Waals surface area contributed by atoms with Crippen molar-refractivity contribution in [3.8, 4) is 5.75 Å². The van der Waals surface area contributed by atoms with Crippen molar-refractivity contribution in [2.24, 2.45) is 0 Å². The normalized spacial score (nSPS) is 9.17. The van der Waals surface area contributed by atoms with E-state index >= 15 is 0 Å². The summed E-state index contributed by atoms with van der Waals surface area (Å²) in [5.41, 5.74) is 0.695. The van der Waals surface area contributed by atoms with Gasteiger partial charge in [0.1, 0.15) is 5.75 Å². The lowest BCUT2D eigenvalue weighted by atomic mass is 10.2. The standard InChI is InChI=1S/C9H10NO2/c1-7-5-3-4-6-8(7)12-9(11)10-2/h3-6H,1H2,2H3,(H,10,11).